The van der Waals surface area contributed by atoms with Gasteiger partial charge in [-0.1, -0.05) is 30.7 Å². The Morgan fingerprint density at radius 3 is 2.95 bits per heavy atom. The standard InChI is InChI=1S/C13H16FN5O2/c1-2-4-10(15)11-8-18(17-16-11)7-9-5-3-6-12(13(9)14)19(20)21/h3,5-6,8,10H,2,4,7,15H2,1H3. The molecule has 1 aromatic heterocycles. The van der Waals surface area contributed by atoms with Gasteiger partial charge in [-0.2, -0.15) is 4.39 Å². The highest BCUT2D eigenvalue weighted by Crippen LogP contribution is 2.21. The van der Waals surface area contributed by atoms with Gasteiger partial charge in [-0.05, 0) is 6.42 Å². The van der Waals surface area contributed by atoms with Crippen LogP contribution in [-0.4, -0.2) is 19.9 Å². The first kappa shape index (κ1) is 15.0. The summed E-state index contributed by atoms with van der Waals surface area (Å²) in [5.41, 5.74) is 6.19. The van der Waals surface area contributed by atoms with Crippen LogP contribution in [0.25, 0.3) is 0 Å². The first-order chi connectivity index (χ1) is 10.0. The van der Waals surface area contributed by atoms with Gasteiger partial charge in [-0.25, -0.2) is 4.68 Å². The fourth-order valence-corrected chi connectivity index (χ4v) is 2.02. The van der Waals surface area contributed by atoms with Crippen molar-refractivity contribution in [1.82, 2.24) is 15.0 Å². The minimum Gasteiger partial charge on any atom is -0.323 e. The van der Waals surface area contributed by atoms with E-state index in [2.05, 4.69) is 10.3 Å². The molecule has 2 N–H and O–H groups in total. The molecular weight excluding hydrogens is 277 g/mol. The monoisotopic (exact) mass is 293 g/mol. The van der Waals surface area contributed by atoms with E-state index >= 15 is 0 Å². The van der Waals surface area contributed by atoms with E-state index < -0.39 is 16.4 Å². The molecule has 0 fully saturated rings. The van der Waals surface area contributed by atoms with E-state index in [0.29, 0.717) is 5.69 Å². The second-order valence-corrected chi connectivity index (χ2v) is 4.74. The van der Waals surface area contributed by atoms with E-state index in [1.807, 2.05) is 6.92 Å². The molecule has 0 amide bonds. The first-order valence-corrected chi connectivity index (χ1v) is 6.60. The molecule has 0 saturated heterocycles. The zero-order valence-corrected chi connectivity index (χ0v) is 11.6. The number of nitro benzene ring substituents is 1. The molecule has 1 atom stereocenters. The third kappa shape index (κ3) is 3.40. The Labute approximate surface area is 120 Å². The van der Waals surface area contributed by atoms with E-state index in [1.54, 1.807) is 6.20 Å². The molecule has 21 heavy (non-hydrogen) atoms. The molecule has 0 saturated carbocycles. The van der Waals surface area contributed by atoms with Gasteiger partial charge in [0, 0.05) is 11.6 Å². The van der Waals surface area contributed by atoms with Gasteiger partial charge in [0.1, 0.15) is 0 Å². The third-order valence-corrected chi connectivity index (χ3v) is 3.12. The number of rotatable bonds is 6. The van der Waals surface area contributed by atoms with Gasteiger partial charge in [0.15, 0.2) is 0 Å². The summed E-state index contributed by atoms with van der Waals surface area (Å²) in [5, 5.41) is 18.5. The molecule has 112 valence electrons. The second-order valence-electron chi connectivity index (χ2n) is 4.74. The van der Waals surface area contributed by atoms with Crippen LogP contribution in [0.15, 0.2) is 24.4 Å². The Hall–Kier alpha value is -2.35. The van der Waals surface area contributed by atoms with Crippen LogP contribution in [0.5, 0.6) is 0 Å². The Morgan fingerprint density at radius 2 is 2.29 bits per heavy atom. The SMILES string of the molecule is CCCC(N)c1cn(Cc2cccc([N+](=O)[O-])c2F)nn1. The Bertz CT molecular complexity index is 643. The van der Waals surface area contributed by atoms with Crippen LogP contribution in [0.4, 0.5) is 10.1 Å². The number of nitro groups is 1. The van der Waals surface area contributed by atoms with Crippen molar-refractivity contribution in [2.45, 2.75) is 32.4 Å². The predicted octanol–water partition coefficient (Wildman–Crippen LogP) is 2.17. The second kappa shape index (κ2) is 6.40. The van der Waals surface area contributed by atoms with Crippen molar-refractivity contribution in [3.63, 3.8) is 0 Å². The number of hydrogen-bond donors (Lipinski definition) is 1. The summed E-state index contributed by atoms with van der Waals surface area (Å²) in [6, 6.07) is 3.84. The van der Waals surface area contributed by atoms with E-state index in [1.165, 1.54) is 16.8 Å². The maximum absolute atomic E-state index is 14.0. The highest BCUT2D eigenvalue weighted by atomic mass is 19.1. The van der Waals surface area contributed by atoms with Crippen molar-refractivity contribution in [3.05, 3.63) is 51.6 Å². The topological polar surface area (TPSA) is 99.9 Å². The minimum absolute atomic E-state index is 0.0688. The molecule has 0 bridgehead atoms. The lowest BCUT2D eigenvalue weighted by Crippen LogP contribution is -2.10. The van der Waals surface area contributed by atoms with Crippen molar-refractivity contribution in [2.24, 2.45) is 5.73 Å². The van der Waals surface area contributed by atoms with Crippen molar-refractivity contribution in [3.8, 4) is 0 Å². The average molecular weight is 293 g/mol. The van der Waals surface area contributed by atoms with Gasteiger partial charge in [0.05, 0.1) is 29.4 Å². The van der Waals surface area contributed by atoms with E-state index in [4.69, 9.17) is 5.73 Å². The molecule has 0 aliphatic carbocycles. The maximum atomic E-state index is 14.0. The van der Waals surface area contributed by atoms with Crippen molar-refractivity contribution < 1.29 is 9.31 Å². The van der Waals surface area contributed by atoms with Crippen molar-refractivity contribution in [2.75, 3.05) is 0 Å². The smallest absolute Gasteiger partial charge is 0.305 e. The van der Waals surface area contributed by atoms with Crippen molar-refractivity contribution in [1.29, 1.82) is 0 Å². The molecular formula is C13H16FN5O2. The first-order valence-electron chi connectivity index (χ1n) is 6.60. The highest BCUT2D eigenvalue weighted by molar-refractivity contribution is 5.36. The molecule has 7 nitrogen and oxygen atoms in total. The number of halogens is 1. The molecule has 8 heteroatoms. The Kier molecular flexibility index (Phi) is 4.59. The van der Waals surface area contributed by atoms with Gasteiger partial charge in [-0.3, -0.25) is 10.1 Å². The van der Waals surface area contributed by atoms with Gasteiger partial charge in [-0.15, -0.1) is 5.10 Å². The van der Waals surface area contributed by atoms with Gasteiger partial charge in [0.2, 0.25) is 5.82 Å². The van der Waals surface area contributed by atoms with E-state index in [0.717, 1.165) is 18.9 Å². The Morgan fingerprint density at radius 1 is 1.52 bits per heavy atom. The Balaban J connectivity index is 2.19. The summed E-state index contributed by atoms with van der Waals surface area (Å²) in [6.07, 6.45) is 3.34. The number of aromatic nitrogens is 3. The molecule has 2 rings (SSSR count). The van der Waals surface area contributed by atoms with Crippen LogP contribution in [0.3, 0.4) is 0 Å². The van der Waals surface area contributed by atoms with Gasteiger partial charge < -0.3 is 5.73 Å². The summed E-state index contributed by atoms with van der Waals surface area (Å²) in [6.45, 7) is 2.09. The minimum atomic E-state index is -0.850. The summed E-state index contributed by atoms with van der Waals surface area (Å²) < 4.78 is 15.4. The third-order valence-electron chi connectivity index (χ3n) is 3.12. The molecule has 1 heterocycles. The molecule has 1 unspecified atom stereocenters. The lowest BCUT2D eigenvalue weighted by atomic mass is 10.1. The maximum Gasteiger partial charge on any atom is 0.305 e. The largest absolute Gasteiger partial charge is 0.323 e. The molecule has 0 aliphatic heterocycles. The quantitative estimate of drug-likeness (QED) is 0.650. The molecule has 2 aromatic rings. The van der Waals surface area contributed by atoms with Crippen LogP contribution in [0.1, 0.15) is 37.1 Å². The van der Waals surface area contributed by atoms with Crippen LogP contribution in [0.2, 0.25) is 0 Å². The zero-order chi connectivity index (χ0) is 15.4. The average Bonchev–Trinajstić information content (AvgIpc) is 2.90. The predicted molar refractivity (Wildman–Crippen MR) is 74.0 cm³/mol. The lowest BCUT2D eigenvalue weighted by Gasteiger charge is -2.05. The van der Waals surface area contributed by atoms with Crippen LogP contribution in [0, 0.1) is 15.9 Å². The van der Waals surface area contributed by atoms with Gasteiger partial charge in [0.25, 0.3) is 0 Å². The summed E-state index contributed by atoms with van der Waals surface area (Å²) in [5.74, 6) is -0.850. The number of benzene rings is 1. The molecule has 0 aliphatic rings. The van der Waals surface area contributed by atoms with Crippen LogP contribution >= 0.6 is 0 Å². The van der Waals surface area contributed by atoms with Gasteiger partial charge >= 0.3 is 5.69 Å². The number of nitrogens with zero attached hydrogens (tertiary/aromatic N) is 4. The van der Waals surface area contributed by atoms with Crippen molar-refractivity contribution >= 4 is 5.69 Å². The fourth-order valence-electron chi connectivity index (χ4n) is 2.02. The lowest BCUT2D eigenvalue weighted by molar-refractivity contribution is -0.387. The summed E-state index contributed by atoms with van der Waals surface area (Å²) in [7, 11) is 0. The zero-order valence-electron chi connectivity index (χ0n) is 11.6. The normalized spacial score (nSPS) is 12.3. The molecule has 1 aromatic carbocycles. The summed E-state index contributed by atoms with van der Waals surface area (Å²) >= 11 is 0. The van der Waals surface area contributed by atoms with Crippen LogP contribution < -0.4 is 5.73 Å². The fraction of sp³-hybridized carbons (Fsp3) is 0.385. The number of nitrogens with two attached hydrogens (primary N) is 1. The van der Waals surface area contributed by atoms with Crippen LogP contribution in [-0.2, 0) is 6.54 Å². The molecule has 0 radical (unpaired) electrons. The number of hydrogen-bond acceptors (Lipinski definition) is 5. The van der Waals surface area contributed by atoms with E-state index in [9.17, 15) is 14.5 Å². The van der Waals surface area contributed by atoms with E-state index in [-0.39, 0.29) is 18.2 Å². The summed E-state index contributed by atoms with van der Waals surface area (Å²) in [4.78, 5) is 9.96. The highest BCUT2D eigenvalue weighted by Gasteiger charge is 2.18. The molecule has 0 spiro atoms.